The first-order valence-corrected chi connectivity index (χ1v) is 7.09. The molecule has 19 heavy (non-hydrogen) atoms. The summed E-state index contributed by atoms with van der Waals surface area (Å²) in [6.45, 7) is 3.97. The predicted molar refractivity (Wildman–Crippen MR) is 81.6 cm³/mol. The van der Waals surface area contributed by atoms with Crippen LogP contribution in [0.3, 0.4) is 0 Å². The molecule has 2 aromatic heterocycles. The quantitative estimate of drug-likeness (QED) is 0.743. The van der Waals surface area contributed by atoms with E-state index in [2.05, 4.69) is 28.3 Å². The van der Waals surface area contributed by atoms with Crippen molar-refractivity contribution in [2.24, 2.45) is 0 Å². The number of rotatable bonds is 2. The van der Waals surface area contributed by atoms with Crippen molar-refractivity contribution in [2.75, 3.05) is 5.32 Å². The molecule has 0 unspecified atom stereocenters. The second-order valence-corrected chi connectivity index (χ2v) is 5.94. The Morgan fingerprint density at radius 3 is 2.74 bits per heavy atom. The smallest absolute Gasteiger partial charge is 0.142 e. The van der Waals surface area contributed by atoms with Crippen LogP contribution in [0.5, 0.6) is 0 Å². The van der Waals surface area contributed by atoms with E-state index in [-0.39, 0.29) is 0 Å². The van der Waals surface area contributed by atoms with E-state index < -0.39 is 0 Å². The molecule has 3 nitrogen and oxygen atoms in total. The lowest BCUT2D eigenvalue weighted by molar-refractivity contribution is 1.10. The van der Waals surface area contributed by atoms with Gasteiger partial charge < -0.3 is 5.32 Å². The Morgan fingerprint density at radius 2 is 1.95 bits per heavy atom. The highest BCUT2D eigenvalue weighted by atomic mass is 35.5. The first-order valence-electron chi connectivity index (χ1n) is 5.90. The molecule has 0 aliphatic heterocycles. The molecule has 1 aromatic carbocycles. The van der Waals surface area contributed by atoms with Crippen molar-refractivity contribution in [2.45, 2.75) is 13.8 Å². The summed E-state index contributed by atoms with van der Waals surface area (Å²) in [5.74, 6) is 1.56. The normalized spacial score (nSPS) is 10.9. The molecule has 3 aromatic rings. The molecule has 0 saturated heterocycles. The fourth-order valence-electron chi connectivity index (χ4n) is 1.93. The van der Waals surface area contributed by atoms with Crippen molar-refractivity contribution in [3.63, 3.8) is 0 Å². The first kappa shape index (κ1) is 12.4. The highest BCUT2D eigenvalue weighted by molar-refractivity contribution is 7.18. The Balaban J connectivity index is 2.12. The van der Waals surface area contributed by atoms with E-state index in [9.17, 15) is 0 Å². The molecular weight excluding hydrogens is 278 g/mol. The second kappa shape index (κ2) is 4.79. The van der Waals surface area contributed by atoms with E-state index in [4.69, 9.17) is 11.6 Å². The standard InChI is InChI=1S/C14H12ClN3S/c1-8-7-10-13(16-9(2)17-14(10)19-8)18-12-6-4-3-5-11(12)15/h3-7H,1-2H3,(H,16,17,18). The number of para-hydroxylation sites is 1. The van der Waals surface area contributed by atoms with Crippen molar-refractivity contribution >= 4 is 44.7 Å². The number of fused-ring (bicyclic) bond motifs is 1. The van der Waals surface area contributed by atoms with Crippen LogP contribution in [-0.2, 0) is 0 Å². The molecule has 0 spiro atoms. The summed E-state index contributed by atoms with van der Waals surface area (Å²) in [5.41, 5.74) is 0.854. The van der Waals surface area contributed by atoms with Crippen molar-refractivity contribution < 1.29 is 0 Å². The lowest BCUT2D eigenvalue weighted by atomic mass is 10.3. The largest absolute Gasteiger partial charge is 0.338 e. The Hall–Kier alpha value is -1.65. The fraction of sp³-hybridized carbons (Fsp3) is 0.143. The van der Waals surface area contributed by atoms with Gasteiger partial charge in [0, 0.05) is 4.88 Å². The number of aryl methyl sites for hydroxylation is 2. The van der Waals surface area contributed by atoms with Crippen molar-refractivity contribution in [1.82, 2.24) is 9.97 Å². The van der Waals surface area contributed by atoms with Crippen LogP contribution in [0.2, 0.25) is 5.02 Å². The van der Waals surface area contributed by atoms with E-state index in [1.165, 1.54) is 4.88 Å². The fourth-order valence-corrected chi connectivity index (χ4v) is 3.04. The number of hydrogen-bond acceptors (Lipinski definition) is 4. The van der Waals surface area contributed by atoms with Gasteiger partial charge in [-0.3, -0.25) is 0 Å². The van der Waals surface area contributed by atoms with Gasteiger partial charge in [-0.25, -0.2) is 9.97 Å². The molecular formula is C14H12ClN3S. The third-order valence-electron chi connectivity index (χ3n) is 2.75. The minimum absolute atomic E-state index is 0.680. The Kier molecular flexibility index (Phi) is 3.12. The molecule has 2 heterocycles. The molecule has 1 N–H and O–H groups in total. The number of nitrogens with one attached hydrogen (secondary N) is 1. The van der Waals surface area contributed by atoms with Gasteiger partial charge in [-0.05, 0) is 32.0 Å². The predicted octanol–water partition coefficient (Wildman–Crippen LogP) is 4.71. The lowest BCUT2D eigenvalue weighted by Crippen LogP contribution is -1.97. The van der Waals surface area contributed by atoms with Crippen molar-refractivity contribution in [1.29, 1.82) is 0 Å². The topological polar surface area (TPSA) is 37.8 Å². The molecule has 5 heteroatoms. The Labute approximate surface area is 120 Å². The molecule has 0 radical (unpaired) electrons. The van der Waals surface area contributed by atoms with Crippen LogP contribution in [-0.4, -0.2) is 9.97 Å². The SMILES string of the molecule is Cc1nc(Nc2ccccc2Cl)c2cc(C)sc2n1. The maximum atomic E-state index is 6.17. The van der Waals surface area contributed by atoms with Gasteiger partial charge in [0.1, 0.15) is 16.5 Å². The molecule has 0 aliphatic carbocycles. The van der Waals surface area contributed by atoms with Crippen LogP contribution in [0.25, 0.3) is 10.2 Å². The number of benzene rings is 1. The van der Waals surface area contributed by atoms with Crippen LogP contribution >= 0.6 is 22.9 Å². The number of nitrogens with zero attached hydrogens (tertiary/aromatic N) is 2. The summed E-state index contributed by atoms with van der Waals surface area (Å²) in [5, 5.41) is 5.01. The van der Waals surface area contributed by atoms with Gasteiger partial charge in [0.05, 0.1) is 16.1 Å². The molecule has 0 amide bonds. The highest BCUT2D eigenvalue weighted by Gasteiger charge is 2.10. The van der Waals surface area contributed by atoms with Gasteiger partial charge in [-0.2, -0.15) is 0 Å². The van der Waals surface area contributed by atoms with E-state index in [1.54, 1.807) is 11.3 Å². The highest BCUT2D eigenvalue weighted by Crippen LogP contribution is 2.32. The second-order valence-electron chi connectivity index (χ2n) is 4.30. The number of hydrogen-bond donors (Lipinski definition) is 1. The third-order valence-corrected chi connectivity index (χ3v) is 4.03. The number of aromatic nitrogens is 2. The van der Waals surface area contributed by atoms with Crippen LogP contribution in [0.4, 0.5) is 11.5 Å². The van der Waals surface area contributed by atoms with Crippen molar-refractivity contribution in [3.05, 3.63) is 46.1 Å². The average Bonchev–Trinajstić information content (AvgIpc) is 2.72. The van der Waals surface area contributed by atoms with Gasteiger partial charge in [0.15, 0.2) is 0 Å². The maximum absolute atomic E-state index is 6.17. The average molecular weight is 290 g/mol. The number of thiophene rings is 1. The minimum Gasteiger partial charge on any atom is -0.338 e. The molecule has 96 valence electrons. The Bertz CT molecular complexity index is 752. The molecule has 3 rings (SSSR count). The minimum atomic E-state index is 0.680. The molecule has 0 aliphatic rings. The van der Waals surface area contributed by atoms with Gasteiger partial charge in [-0.1, -0.05) is 23.7 Å². The summed E-state index contributed by atoms with van der Waals surface area (Å²) in [7, 11) is 0. The summed E-state index contributed by atoms with van der Waals surface area (Å²) >= 11 is 7.84. The zero-order chi connectivity index (χ0) is 13.4. The van der Waals surface area contributed by atoms with Gasteiger partial charge >= 0.3 is 0 Å². The van der Waals surface area contributed by atoms with Crippen LogP contribution < -0.4 is 5.32 Å². The molecule has 0 bridgehead atoms. The third kappa shape index (κ3) is 2.41. The van der Waals surface area contributed by atoms with E-state index in [0.717, 1.165) is 27.5 Å². The number of halogens is 1. The summed E-state index contributed by atoms with van der Waals surface area (Å²) in [6, 6.07) is 9.73. The first-order chi connectivity index (χ1) is 9.13. The van der Waals surface area contributed by atoms with E-state index >= 15 is 0 Å². The zero-order valence-electron chi connectivity index (χ0n) is 10.6. The molecule has 0 fully saturated rings. The van der Waals surface area contributed by atoms with Crippen molar-refractivity contribution in [3.8, 4) is 0 Å². The van der Waals surface area contributed by atoms with Gasteiger partial charge in [0.25, 0.3) is 0 Å². The van der Waals surface area contributed by atoms with Gasteiger partial charge in [-0.15, -0.1) is 11.3 Å². The Morgan fingerprint density at radius 1 is 1.16 bits per heavy atom. The lowest BCUT2D eigenvalue weighted by Gasteiger charge is -2.08. The van der Waals surface area contributed by atoms with E-state index in [0.29, 0.717) is 5.02 Å². The zero-order valence-corrected chi connectivity index (χ0v) is 12.1. The van der Waals surface area contributed by atoms with Crippen LogP contribution in [0, 0.1) is 13.8 Å². The monoisotopic (exact) mass is 289 g/mol. The van der Waals surface area contributed by atoms with Crippen LogP contribution in [0.15, 0.2) is 30.3 Å². The van der Waals surface area contributed by atoms with E-state index in [1.807, 2.05) is 31.2 Å². The van der Waals surface area contributed by atoms with Gasteiger partial charge in [0.2, 0.25) is 0 Å². The number of anilines is 2. The molecule has 0 saturated carbocycles. The summed E-state index contributed by atoms with van der Waals surface area (Å²) in [6.07, 6.45) is 0. The maximum Gasteiger partial charge on any atom is 0.142 e. The summed E-state index contributed by atoms with van der Waals surface area (Å²) in [4.78, 5) is 11.2. The van der Waals surface area contributed by atoms with Crippen LogP contribution in [0.1, 0.15) is 10.7 Å². The molecule has 0 atom stereocenters. The summed E-state index contributed by atoms with van der Waals surface area (Å²) < 4.78 is 0.